The van der Waals surface area contributed by atoms with E-state index in [1.54, 1.807) is 0 Å². The van der Waals surface area contributed by atoms with E-state index in [1.165, 1.54) is 16.3 Å². The zero-order chi connectivity index (χ0) is 10.7. The average Bonchev–Trinajstić information content (AvgIpc) is 2.26. The fourth-order valence-corrected chi connectivity index (χ4v) is 1.80. The van der Waals surface area contributed by atoms with Crippen LogP contribution in [0.5, 0.6) is 0 Å². The van der Waals surface area contributed by atoms with Crippen LogP contribution in [0.2, 0.25) is 6.32 Å². The lowest BCUT2D eigenvalue weighted by Crippen LogP contribution is -2.11. The Bertz CT molecular complexity index is 449. The van der Waals surface area contributed by atoms with E-state index in [9.17, 15) is 0 Å². The quantitative estimate of drug-likeness (QED) is 0.742. The first-order valence-corrected chi connectivity index (χ1v) is 5.10. The van der Waals surface area contributed by atoms with Crippen molar-refractivity contribution in [3.05, 3.63) is 48.0 Å². The van der Waals surface area contributed by atoms with E-state index in [2.05, 4.69) is 18.2 Å². The van der Waals surface area contributed by atoms with Crippen LogP contribution >= 0.6 is 0 Å². The molecule has 0 aliphatic heterocycles. The van der Waals surface area contributed by atoms with Crippen molar-refractivity contribution in [3.63, 3.8) is 0 Å². The molecule has 3 heteroatoms. The van der Waals surface area contributed by atoms with Crippen molar-refractivity contribution in [1.82, 2.24) is 0 Å². The Morgan fingerprint density at radius 3 is 2.47 bits per heavy atom. The molecule has 0 spiro atoms. The van der Waals surface area contributed by atoms with Crippen molar-refractivity contribution in [3.8, 4) is 0 Å². The highest BCUT2D eigenvalue weighted by Gasteiger charge is 2.07. The third kappa shape index (κ3) is 2.38. The van der Waals surface area contributed by atoms with Crippen LogP contribution in [0.1, 0.15) is 5.56 Å². The smallest absolute Gasteiger partial charge is 0.427 e. The topological polar surface area (TPSA) is 40.5 Å². The van der Waals surface area contributed by atoms with E-state index in [4.69, 9.17) is 10.0 Å². The standard InChI is InChI=1S/C12H13BO2/c14-13(15)9-8-11-6-3-5-10-4-1-2-7-12(10)11/h1-7,14-15H,8-9H2. The minimum Gasteiger partial charge on any atom is -0.427 e. The minimum absolute atomic E-state index is 0.383. The molecule has 0 heterocycles. The molecule has 0 radical (unpaired) electrons. The normalized spacial score (nSPS) is 10.5. The van der Waals surface area contributed by atoms with Crippen LogP contribution in [0.25, 0.3) is 10.8 Å². The second-order valence-corrected chi connectivity index (χ2v) is 3.66. The summed E-state index contributed by atoms with van der Waals surface area (Å²) in [7, 11) is -1.22. The van der Waals surface area contributed by atoms with Crippen molar-refractivity contribution < 1.29 is 10.0 Å². The maximum Gasteiger partial charge on any atom is 0.451 e. The molecule has 2 nitrogen and oxygen atoms in total. The number of rotatable bonds is 3. The Morgan fingerprint density at radius 1 is 0.933 bits per heavy atom. The highest BCUT2D eigenvalue weighted by molar-refractivity contribution is 6.41. The van der Waals surface area contributed by atoms with Crippen LogP contribution in [0, 0.1) is 0 Å². The highest BCUT2D eigenvalue weighted by Crippen LogP contribution is 2.19. The fraction of sp³-hybridized carbons (Fsp3) is 0.167. The Morgan fingerprint density at radius 2 is 1.67 bits per heavy atom. The summed E-state index contributed by atoms with van der Waals surface area (Å²) in [5, 5.41) is 20.1. The number of fused-ring (bicyclic) bond motifs is 1. The summed E-state index contributed by atoms with van der Waals surface area (Å²) in [5.74, 6) is 0. The van der Waals surface area contributed by atoms with Crippen LogP contribution in [0.3, 0.4) is 0 Å². The van der Waals surface area contributed by atoms with E-state index >= 15 is 0 Å². The molecule has 2 rings (SSSR count). The molecule has 2 aromatic carbocycles. The summed E-state index contributed by atoms with van der Waals surface area (Å²) < 4.78 is 0. The molecule has 0 aromatic heterocycles. The summed E-state index contributed by atoms with van der Waals surface area (Å²) in [4.78, 5) is 0. The van der Waals surface area contributed by atoms with Gasteiger partial charge in [0.15, 0.2) is 0 Å². The zero-order valence-corrected chi connectivity index (χ0v) is 8.43. The summed E-state index contributed by atoms with van der Waals surface area (Å²) >= 11 is 0. The maximum absolute atomic E-state index is 8.84. The zero-order valence-electron chi connectivity index (χ0n) is 8.43. The van der Waals surface area contributed by atoms with Crippen molar-refractivity contribution in [1.29, 1.82) is 0 Å². The molecule has 0 saturated carbocycles. The van der Waals surface area contributed by atoms with E-state index < -0.39 is 7.12 Å². The molecule has 15 heavy (non-hydrogen) atoms. The van der Waals surface area contributed by atoms with E-state index in [1.807, 2.05) is 24.3 Å². The molecule has 0 aliphatic rings. The van der Waals surface area contributed by atoms with Gasteiger partial charge in [-0.1, -0.05) is 42.5 Å². The molecule has 0 atom stereocenters. The summed E-state index contributed by atoms with van der Waals surface area (Å²) in [6, 6.07) is 14.2. The van der Waals surface area contributed by atoms with Crippen molar-refractivity contribution >= 4 is 17.9 Å². The van der Waals surface area contributed by atoms with Gasteiger partial charge in [-0.15, -0.1) is 0 Å². The highest BCUT2D eigenvalue weighted by atomic mass is 16.4. The lowest BCUT2D eigenvalue weighted by Gasteiger charge is -2.05. The maximum atomic E-state index is 8.84. The summed E-state index contributed by atoms with van der Waals surface area (Å²) in [5.41, 5.74) is 1.17. The molecule has 0 saturated heterocycles. The lowest BCUT2D eigenvalue weighted by atomic mass is 9.82. The number of aryl methyl sites for hydroxylation is 1. The Kier molecular flexibility index (Phi) is 3.04. The van der Waals surface area contributed by atoms with Gasteiger partial charge in [0, 0.05) is 0 Å². The van der Waals surface area contributed by atoms with Gasteiger partial charge >= 0.3 is 7.12 Å². The van der Waals surface area contributed by atoms with E-state index in [0.717, 1.165) is 0 Å². The second-order valence-electron chi connectivity index (χ2n) is 3.66. The fourth-order valence-electron chi connectivity index (χ4n) is 1.80. The van der Waals surface area contributed by atoms with Crippen molar-refractivity contribution in [2.24, 2.45) is 0 Å². The lowest BCUT2D eigenvalue weighted by molar-refractivity contribution is 0.405. The molecule has 0 fully saturated rings. The third-order valence-corrected chi connectivity index (χ3v) is 2.55. The van der Waals surface area contributed by atoms with Gasteiger partial charge in [0.25, 0.3) is 0 Å². The number of hydrogen-bond acceptors (Lipinski definition) is 2. The number of benzene rings is 2. The molecule has 2 N–H and O–H groups in total. The van der Waals surface area contributed by atoms with Gasteiger partial charge in [-0.05, 0) is 29.1 Å². The van der Waals surface area contributed by atoms with E-state index in [-0.39, 0.29) is 0 Å². The van der Waals surface area contributed by atoms with Crippen LogP contribution in [-0.4, -0.2) is 17.2 Å². The third-order valence-electron chi connectivity index (χ3n) is 2.55. The van der Waals surface area contributed by atoms with Crippen molar-refractivity contribution in [2.45, 2.75) is 12.7 Å². The monoisotopic (exact) mass is 200 g/mol. The van der Waals surface area contributed by atoms with Gasteiger partial charge in [0.1, 0.15) is 0 Å². The van der Waals surface area contributed by atoms with Gasteiger partial charge in [0.05, 0.1) is 0 Å². The average molecular weight is 200 g/mol. The van der Waals surface area contributed by atoms with Gasteiger partial charge in [0.2, 0.25) is 0 Å². The Balaban J connectivity index is 2.34. The van der Waals surface area contributed by atoms with Crippen LogP contribution < -0.4 is 0 Å². The molecule has 2 aromatic rings. The summed E-state index contributed by atoms with van der Waals surface area (Å²) in [6.45, 7) is 0. The van der Waals surface area contributed by atoms with Crippen LogP contribution in [0.4, 0.5) is 0 Å². The molecular formula is C12H13BO2. The van der Waals surface area contributed by atoms with Crippen LogP contribution in [-0.2, 0) is 6.42 Å². The predicted octanol–water partition coefficient (Wildman–Crippen LogP) is 1.86. The van der Waals surface area contributed by atoms with E-state index in [0.29, 0.717) is 12.7 Å². The number of hydrogen-bond donors (Lipinski definition) is 2. The SMILES string of the molecule is OB(O)CCc1cccc2ccccc12. The van der Waals surface area contributed by atoms with Gasteiger partial charge in [-0.25, -0.2) is 0 Å². The largest absolute Gasteiger partial charge is 0.451 e. The molecule has 76 valence electrons. The summed E-state index contributed by atoms with van der Waals surface area (Å²) in [6.07, 6.45) is 1.08. The first kappa shape index (κ1) is 10.2. The van der Waals surface area contributed by atoms with Crippen molar-refractivity contribution in [2.75, 3.05) is 0 Å². The minimum atomic E-state index is -1.22. The van der Waals surface area contributed by atoms with Gasteiger partial charge < -0.3 is 10.0 Å². The molecule has 0 unspecified atom stereocenters. The second kappa shape index (κ2) is 4.47. The van der Waals surface area contributed by atoms with Gasteiger partial charge in [-0.2, -0.15) is 0 Å². The Hall–Kier alpha value is -1.32. The molecular weight excluding hydrogens is 187 g/mol. The van der Waals surface area contributed by atoms with Crippen LogP contribution in [0.15, 0.2) is 42.5 Å². The van der Waals surface area contributed by atoms with Gasteiger partial charge in [-0.3, -0.25) is 0 Å². The molecule has 0 aliphatic carbocycles. The first-order valence-electron chi connectivity index (χ1n) is 5.10. The molecule has 0 amide bonds. The first-order chi connectivity index (χ1) is 7.27. The predicted molar refractivity (Wildman–Crippen MR) is 62.7 cm³/mol. The molecule has 0 bridgehead atoms. The Labute approximate surface area is 89.3 Å².